The molecule has 1 unspecified atom stereocenters. The van der Waals surface area contributed by atoms with Crippen molar-refractivity contribution in [3.63, 3.8) is 0 Å². The van der Waals surface area contributed by atoms with Crippen LogP contribution in [0.1, 0.15) is 47.2 Å². The van der Waals surface area contributed by atoms with Gasteiger partial charge >= 0.3 is 5.97 Å². The Morgan fingerprint density at radius 3 is 3.00 bits per heavy atom. The number of rotatable bonds is 4. The van der Waals surface area contributed by atoms with E-state index in [-0.39, 0.29) is 18.4 Å². The number of carbonyl (C=O) groups excluding carboxylic acids is 1. The van der Waals surface area contributed by atoms with E-state index in [0.717, 1.165) is 12.8 Å². The first-order valence-corrected chi connectivity index (χ1v) is 6.93. The fourth-order valence-corrected chi connectivity index (χ4v) is 2.62. The number of fused-ring (bicyclic) bond motifs is 1. The van der Waals surface area contributed by atoms with Gasteiger partial charge in [0.2, 0.25) is 0 Å². The zero-order valence-corrected chi connectivity index (χ0v) is 12.6. The van der Waals surface area contributed by atoms with Crippen LogP contribution in [0.5, 0.6) is 0 Å². The average molecular weight is 296 g/mol. The van der Waals surface area contributed by atoms with E-state index in [1.807, 2.05) is 25.1 Å². The number of halogens is 1. The van der Waals surface area contributed by atoms with Crippen LogP contribution in [0, 0.1) is 0 Å². The fraction of sp³-hybridized carbons (Fsp3) is 0.438. The molecule has 1 aliphatic carbocycles. The largest absolute Gasteiger partial charge is 0.462 e. The number of nitrogens with two attached hydrogens (primary N) is 1. The van der Waals surface area contributed by atoms with Gasteiger partial charge in [0, 0.05) is 12.5 Å². The number of benzene rings is 1. The van der Waals surface area contributed by atoms with Crippen LogP contribution in [-0.2, 0) is 11.2 Å². The van der Waals surface area contributed by atoms with Crippen molar-refractivity contribution >= 4 is 18.4 Å². The Hall–Kier alpha value is -1.32. The number of aryl methyl sites for hydroxylation is 1. The first-order valence-electron chi connectivity index (χ1n) is 6.93. The van der Waals surface area contributed by atoms with Gasteiger partial charge in [0.1, 0.15) is 0 Å². The molecule has 2 rings (SSSR count). The molecule has 3 nitrogen and oxygen atoms in total. The van der Waals surface area contributed by atoms with Crippen LogP contribution in [-0.4, -0.2) is 19.1 Å². The van der Waals surface area contributed by atoms with E-state index in [0.29, 0.717) is 24.6 Å². The summed E-state index contributed by atoms with van der Waals surface area (Å²) in [5.41, 5.74) is 8.76. The van der Waals surface area contributed by atoms with E-state index in [1.165, 1.54) is 17.5 Å². The minimum absolute atomic E-state index is 0. The number of esters is 1. The predicted octanol–water partition coefficient (Wildman–Crippen LogP) is 3.22. The summed E-state index contributed by atoms with van der Waals surface area (Å²) in [6.07, 6.45) is 7.55. The molecule has 0 radical (unpaired) electrons. The van der Waals surface area contributed by atoms with Crippen molar-refractivity contribution in [1.29, 1.82) is 0 Å². The maximum absolute atomic E-state index is 11.8. The van der Waals surface area contributed by atoms with Gasteiger partial charge in [-0.25, -0.2) is 4.79 Å². The quantitative estimate of drug-likeness (QED) is 0.685. The Morgan fingerprint density at radius 2 is 2.30 bits per heavy atom. The first-order chi connectivity index (χ1) is 9.26. The molecule has 2 N–H and O–H groups in total. The van der Waals surface area contributed by atoms with Crippen molar-refractivity contribution in [1.82, 2.24) is 0 Å². The maximum Gasteiger partial charge on any atom is 0.338 e. The second kappa shape index (κ2) is 8.08. The van der Waals surface area contributed by atoms with Crippen LogP contribution in [0.4, 0.5) is 0 Å². The lowest BCUT2D eigenvalue weighted by Gasteiger charge is -2.23. The van der Waals surface area contributed by atoms with Crippen molar-refractivity contribution in [2.24, 2.45) is 5.73 Å². The van der Waals surface area contributed by atoms with Crippen LogP contribution < -0.4 is 5.73 Å². The molecule has 0 aromatic heterocycles. The lowest BCUT2D eigenvalue weighted by atomic mass is 9.82. The number of carbonyl (C=O) groups is 1. The minimum atomic E-state index is -0.238. The summed E-state index contributed by atoms with van der Waals surface area (Å²) in [6, 6.07) is 5.91. The molecular formula is C16H22ClNO2. The van der Waals surface area contributed by atoms with Crippen molar-refractivity contribution < 1.29 is 9.53 Å². The highest BCUT2D eigenvalue weighted by molar-refractivity contribution is 5.89. The second-order valence-electron chi connectivity index (χ2n) is 4.80. The monoisotopic (exact) mass is 295 g/mol. The van der Waals surface area contributed by atoms with Crippen LogP contribution >= 0.6 is 12.4 Å². The summed E-state index contributed by atoms with van der Waals surface area (Å²) < 4.78 is 5.06. The first kappa shape index (κ1) is 16.7. The van der Waals surface area contributed by atoms with Gasteiger partial charge in [0.05, 0.1) is 12.2 Å². The van der Waals surface area contributed by atoms with Gasteiger partial charge < -0.3 is 10.5 Å². The lowest BCUT2D eigenvalue weighted by molar-refractivity contribution is 0.0526. The smallest absolute Gasteiger partial charge is 0.338 e. The van der Waals surface area contributed by atoms with E-state index < -0.39 is 0 Å². The highest BCUT2D eigenvalue weighted by Crippen LogP contribution is 2.33. The van der Waals surface area contributed by atoms with Gasteiger partial charge in [-0.2, -0.15) is 0 Å². The van der Waals surface area contributed by atoms with Crippen molar-refractivity contribution in [2.45, 2.75) is 32.1 Å². The molecule has 1 aromatic rings. The van der Waals surface area contributed by atoms with Crippen molar-refractivity contribution in [3.05, 3.63) is 47.0 Å². The standard InChI is InChI=1S/C16H21NO2.ClH/c1-2-19-16(18)14-9-8-13-6-3-5-12(7-4-10-17)15(13)11-14;/h4,7-9,11-12H,2-3,5-6,10,17H2,1H3;1H. The third-order valence-corrected chi connectivity index (χ3v) is 3.52. The van der Waals surface area contributed by atoms with Gasteiger partial charge in [-0.3, -0.25) is 0 Å². The van der Waals surface area contributed by atoms with Gasteiger partial charge in [0.25, 0.3) is 0 Å². The van der Waals surface area contributed by atoms with E-state index in [1.54, 1.807) is 0 Å². The molecule has 4 heteroatoms. The SMILES string of the molecule is CCOC(=O)c1ccc2c(c1)C(C=CCN)CCC2.Cl. The van der Waals surface area contributed by atoms with E-state index in [4.69, 9.17) is 10.5 Å². The normalized spacial score (nSPS) is 17.4. The van der Waals surface area contributed by atoms with Gasteiger partial charge in [-0.15, -0.1) is 12.4 Å². The summed E-state index contributed by atoms with van der Waals surface area (Å²) in [5.74, 6) is 0.138. The van der Waals surface area contributed by atoms with Gasteiger partial charge in [-0.1, -0.05) is 18.2 Å². The molecule has 0 saturated heterocycles. The third kappa shape index (κ3) is 3.84. The summed E-state index contributed by atoms with van der Waals surface area (Å²) in [6.45, 7) is 2.79. The summed E-state index contributed by atoms with van der Waals surface area (Å²) in [7, 11) is 0. The summed E-state index contributed by atoms with van der Waals surface area (Å²) in [5, 5.41) is 0. The summed E-state index contributed by atoms with van der Waals surface area (Å²) in [4.78, 5) is 11.8. The molecule has 0 saturated carbocycles. The van der Waals surface area contributed by atoms with E-state index in [2.05, 4.69) is 12.1 Å². The molecule has 0 amide bonds. The maximum atomic E-state index is 11.8. The molecule has 0 fully saturated rings. The highest BCUT2D eigenvalue weighted by Gasteiger charge is 2.19. The topological polar surface area (TPSA) is 52.3 Å². The number of hydrogen-bond donors (Lipinski definition) is 1. The Kier molecular flexibility index (Phi) is 6.76. The molecule has 110 valence electrons. The van der Waals surface area contributed by atoms with Crippen LogP contribution in [0.25, 0.3) is 0 Å². The molecule has 0 heterocycles. The Labute approximate surface area is 126 Å². The highest BCUT2D eigenvalue weighted by atomic mass is 35.5. The average Bonchev–Trinajstić information content (AvgIpc) is 2.44. The Balaban J connectivity index is 0.00000200. The van der Waals surface area contributed by atoms with Crippen LogP contribution in [0.3, 0.4) is 0 Å². The van der Waals surface area contributed by atoms with E-state index in [9.17, 15) is 4.79 Å². The third-order valence-electron chi connectivity index (χ3n) is 3.52. The van der Waals surface area contributed by atoms with E-state index >= 15 is 0 Å². The number of allylic oxidation sites excluding steroid dienone is 1. The molecule has 20 heavy (non-hydrogen) atoms. The van der Waals surface area contributed by atoms with Crippen molar-refractivity contribution in [3.8, 4) is 0 Å². The molecule has 0 spiro atoms. The van der Waals surface area contributed by atoms with Crippen LogP contribution in [0.2, 0.25) is 0 Å². The van der Waals surface area contributed by atoms with Gasteiger partial charge in [0.15, 0.2) is 0 Å². The van der Waals surface area contributed by atoms with Gasteiger partial charge in [-0.05, 0) is 49.4 Å². The fourth-order valence-electron chi connectivity index (χ4n) is 2.62. The zero-order chi connectivity index (χ0) is 13.7. The second-order valence-corrected chi connectivity index (χ2v) is 4.80. The Morgan fingerprint density at radius 1 is 1.50 bits per heavy atom. The Bertz CT molecular complexity index is 485. The molecule has 0 aliphatic heterocycles. The molecule has 0 bridgehead atoms. The molecule has 1 aromatic carbocycles. The zero-order valence-electron chi connectivity index (χ0n) is 11.8. The molecule has 1 atom stereocenters. The molecular weight excluding hydrogens is 274 g/mol. The molecule has 1 aliphatic rings. The predicted molar refractivity (Wildman–Crippen MR) is 83.5 cm³/mol. The lowest BCUT2D eigenvalue weighted by Crippen LogP contribution is -2.12. The minimum Gasteiger partial charge on any atom is -0.462 e. The van der Waals surface area contributed by atoms with Crippen molar-refractivity contribution in [2.75, 3.05) is 13.2 Å². The summed E-state index contributed by atoms with van der Waals surface area (Å²) >= 11 is 0. The van der Waals surface area contributed by atoms with Crippen LogP contribution in [0.15, 0.2) is 30.4 Å². The number of ether oxygens (including phenoxy) is 1. The number of hydrogen-bond acceptors (Lipinski definition) is 3.